The molecule has 1 aliphatic rings. The van der Waals surface area contributed by atoms with Crippen LogP contribution >= 0.6 is 0 Å². The van der Waals surface area contributed by atoms with Crippen molar-refractivity contribution in [3.8, 4) is 11.6 Å². The van der Waals surface area contributed by atoms with Crippen LogP contribution in [0.3, 0.4) is 0 Å². The average molecular weight is 482 g/mol. The minimum Gasteiger partial charge on any atom is -0.437 e. The minimum atomic E-state index is -1.56. The molecule has 0 radical (unpaired) electrons. The summed E-state index contributed by atoms with van der Waals surface area (Å²) in [5, 5.41) is 2.71. The summed E-state index contributed by atoms with van der Waals surface area (Å²) in [5.74, 6) is -3.11. The molecule has 35 heavy (non-hydrogen) atoms. The summed E-state index contributed by atoms with van der Waals surface area (Å²) in [5.41, 5.74) is 1.66. The van der Waals surface area contributed by atoms with Crippen molar-refractivity contribution in [2.45, 2.75) is 6.92 Å². The number of hydrogen-bond acceptors (Lipinski definition) is 5. The molecule has 0 bridgehead atoms. The van der Waals surface area contributed by atoms with Gasteiger partial charge in [0.15, 0.2) is 17.5 Å². The zero-order valence-electron chi connectivity index (χ0n) is 18.7. The molecule has 0 aliphatic carbocycles. The molecule has 0 unspecified atom stereocenters. The molecule has 180 valence electrons. The molecule has 0 spiro atoms. The third kappa shape index (κ3) is 4.44. The van der Waals surface area contributed by atoms with E-state index in [0.29, 0.717) is 43.5 Å². The molecular formula is C24H21F3N6O2. The highest BCUT2D eigenvalue weighted by molar-refractivity contribution is 6.01. The van der Waals surface area contributed by atoms with Crippen LogP contribution in [0.4, 0.5) is 29.3 Å². The van der Waals surface area contributed by atoms with Crippen molar-refractivity contribution < 1.29 is 22.7 Å². The molecule has 8 nitrogen and oxygen atoms in total. The number of piperazine rings is 1. The number of hydrogen-bond donors (Lipinski definition) is 2. The number of aromatic nitrogens is 3. The van der Waals surface area contributed by atoms with E-state index in [2.05, 4.69) is 25.2 Å². The van der Waals surface area contributed by atoms with E-state index in [1.807, 2.05) is 31.2 Å². The highest BCUT2D eigenvalue weighted by Crippen LogP contribution is 2.29. The number of urea groups is 1. The van der Waals surface area contributed by atoms with Gasteiger partial charge in [-0.15, -0.1) is 0 Å². The second kappa shape index (κ2) is 9.16. The zero-order chi connectivity index (χ0) is 24.5. The Kier molecular flexibility index (Phi) is 5.89. The lowest BCUT2D eigenvalue weighted by atomic mass is 10.2. The van der Waals surface area contributed by atoms with Gasteiger partial charge in [-0.2, -0.15) is 0 Å². The lowest BCUT2D eigenvalue weighted by Crippen LogP contribution is -2.50. The van der Waals surface area contributed by atoms with Gasteiger partial charge in [-0.1, -0.05) is 0 Å². The summed E-state index contributed by atoms with van der Waals surface area (Å²) in [6, 6.07) is 8.02. The van der Waals surface area contributed by atoms with E-state index in [4.69, 9.17) is 4.74 Å². The summed E-state index contributed by atoms with van der Waals surface area (Å²) in [6.07, 6.45) is 4.49. The molecular weight excluding hydrogens is 461 g/mol. The Morgan fingerprint density at radius 1 is 1.03 bits per heavy atom. The molecule has 11 heteroatoms. The van der Waals surface area contributed by atoms with E-state index in [1.54, 1.807) is 17.3 Å². The van der Waals surface area contributed by atoms with Gasteiger partial charge in [0.25, 0.3) is 0 Å². The van der Waals surface area contributed by atoms with Gasteiger partial charge in [-0.3, -0.25) is 4.98 Å². The van der Waals surface area contributed by atoms with Crippen LogP contribution < -0.4 is 15.0 Å². The molecule has 1 aliphatic heterocycles. The maximum atomic E-state index is 13.9. The van der Waals surface area contributed by atoms with Crippen LogP contribution in [0.2, 0.25) is 0 Å². The standard InChI is InChI=1S/C24H21F3N6O2/c1-14-23(29-7-6-28-14)35-16-4-2-15(3-5-16)32-8-10-33(11-9-32)24(34)31-19-13-30-22-17(19)12-18(25)20(26)21(22)27/h2-7,12-13,30H,8-11H2,1H3,(H,31,34). The Hall–Kier alpha value is -4.28. The van der Waals surface area contributed by atoms with Gasteiger partial charge < -0.3 is 24.8 Å². The Morgan fingerprint density at radius 3 is 2.46 bits per heavy atom. The lowest BCUT2D eigenvalue weighted by Gasteiger charge is -2.36. The number of aromatic amines is 1. The van der Waals surface area contributed by atoms with Crippen LogP contribution in [-0.2, 0) is 0 Å². The predicted octanol–water partition coefficient (Wildman–Crippen LogP) is 4.83. The summed E-state index contributed by atoms with van der Waals surface area (Å²) in [6.45, 7) is 3.91. The Labute approximate surface area is 198 Å². The summed E-state index contributed by atoms with van der Waals surface area (Å²) in [7, 11) is 0. The molecule has 0 atom stereocenters. The number of halogens is 3. The first kappa shape index (κ1) is 22.5. The van der Waals surface area contributed by atoms with E-state index >= 15 is 0 Å². The monoisotopic (exact) mass is 482 g/mol. The number of nitrogens with zero attached hydrogens (tertiary/aromatic N) is 4. The number of anilines is 2. The number of rotatable bonds is 4. The third-order valence-electron chi connectivity index (χ3n) is 5.87. The maximum Gasteiger partial charge on any atom is 0.322 e. The Morgan fingerprint density at radius 2 is 1.74 bits per heavy atom. The predicted molar refractivity (Wildman–Crippen MR) is 124 cm³/mol. The van der Waals surface area contributed by atoms with Gasteiger partial charge >= 0.3 is 6.03 Å². The normalized spacial score (nSPS) is 13.8. The van der Waals surface area contributed by atoms with Gasteiger partial charge in [0.05, 0.1) is 16.9 Å². The minimum absolute atomic E-state index is 0.0624. The largest absolute Gasteiger partial charge is 0.437 e. The molecule has 4 aromatic rings. The van der Waals surface area contributed by atoms with Crippen molar-refractivity contribution in [2.24, 2.45) is 0 Å². The van der Waals surface area contributed by atoms with Crippen molar-refractivity contribution in [3.63, 3.8) is 0 Å². The average Bonchev–Trinajstić information content (AvgIpc) is 3.27. The van der Waals surface area contributed by atoms with Crippen molar-refractivity contribution >= 4 is 28.3 Å². The SMILES string of the molecule is Cc1nccnc1Oc1ccc(N2CCN(C(=O)Nc3c[nH]c4c(F)c(F)c(F)cc34)CC2)cc1. The number of ether oxygens (including phenoxy) is 1. The quantitative estimate of drug-likeness (QED) is 0.407. The molecule has 2 amide bonds. The molecule has 5 rings (SSSR count). The van der Waals surface area contributed by atoms with Crippen LogP contribution in [0.5, 0.6) is 11.6 Å². The van der Waals surface area contributed by atoms with Crippen molar-refractivity contribution in [2.75, 3.05) is 36.4 Å². The van der Waals surface area contributed by atoms with Crippen LogP contribution in [0.1, 0.15) is 5.69 Å². The Balaban J connectivity index is 1.19. The second-order valence-corrected chi connectivity index (χ2v) is 8.06. The van der Waals surface area contributed by atoms with Crippen LogP contribution in [0.25, 0.3) is 10.9 Å². The Bertz CT molecular complexity index is 1380. The van der Waals surface area contributed by atoms with Crippen molar-refractivity contribution in [1.82, 2.24) is 19.9 Å². The molecule has 3 heterocycles. The van der Waals surface area contributed by atoms with E-state index in [1.165, 1.54) is 6.20 Å². The molecule has 0 saturated carbocycles. The molecule has 2 N–H and O–H groups in total. The highest BCUT2D eigenvalue weighted by Gasteiger charge is 2.23. The number of carbonyl (C=O) groups excluding carboxylic acids is 1. The maximum absolute atomic E-state index is 13.9. The van der Waals surface area contributed by atoms with Crippen LogP contribution in [0, 0.1) is 24.4 Å². The summed E-state index contributed by atoms with van der Waals surface area (Å²) in [4.78, 5) is 27.3. The van der Waals surface area contributed by atoms with Gasteiger partial charge in [0, 0.05) is 55.8 Å². The van der Waals surface area contributed by atoms with Crippen molar-refractivity contribution in [3.05, 3.63) is 72.1 Å². The van der Waals surface area contributed by atoms with Crippen LogP contribution in [0.15, 0.2) is 48.9 Å². The second-order valence-electron chi connectivity index (χ2n) is 8.06. The number of carbonyl (C=O) groups is 1. The first-order chi connectivity index (χ1) is 16.9. The van der Waals surface area contributed by atoms with E-state index < -0.39 is 23.5 Å². The van der Waals surface area contributed by atoms with Gasteiger partial charge in [-0.25, -0.2) is 22.9 Å². The topological polar surface area (TPSA) is 86.4 Å². The van der Waals surface area contributed by atoms with Crippen LogP contribution in [-0.4, -0.2) is 52.1 Å². The third-order valence-corrected chi connectivity index (χ3v) is 5.87. The molecule has 2 aromatic carbocycles. The van der Waals surface area contributed by atoms with E-state index in [0.717, 1.165) is 11.8 Å². The lowest BCUT2D eigenvalue weighted by molar-refractivity contribution is 0.208. The highest BCUT2D eigenvalue weighted by atomic mass is 19.2. The first-order valence-corrected chi connectivity index (χ1v) is 10.9. The number of benzene rings is 2. The van der Waals surface area contributed by atoms with Gasteiger partial charge in [0.2, 0.25) is 5.88 Å². The first-order valence-electron chi connectivity index (χ1n) is 10.9. The zero-order valence-corrected chi connectivity index (χ0v) is 18.7. The molecule has 2 aromatic heterocycles. The fraction of sp³-hybridized carbons (Fsp3) is 0.208. The molecule has 1 fully saturated rings. The fourth-order valence-electron chi connectivity index (χ4n) is 3.97. The number of fused-ring (bicyclic) bond motifs is 1. The molecule has 1 saturated heterocycles. The summed E-state index contributed by atoms with van der Waals surface area (Å²) >= 11 is 0. The summed E-state index contributed by atoms with van der Waals surface area (Å²) < 4.78 is 46.8. The van der Waals surface area contributed by atoms with E-state index in [-0.39, 0.29) is 16.6 Å². The van der Waals surface area contributed by atoms with Gasteiger partial charge in [0.1, 0.15) is 5.75 Å². The number of aryl methyl sites for hydroxylation is 1. The smallest absolute Gasteiger partial charge is 0.322 e. The fourth-order valence-corrected chi connectivity index (χ4v) is 3.97. The number of nitrogens with one attached hydrogen (secondary N) is 2. The number of H-pyrrole nitrogens is 1. The van der Waals surface area contributed by atoms with Gasteiger partial charge in [-0.05, 0) is 37.3 Å². The van der Waals surface area contributed by atoms with Crippen molar-refractivity contribution in [1.29, 1.82) is 0 Å². The number of amides is 2. The van der Waals surface area contributed by atoms with E-state index in [9.17, 15) is 18.0 Å².